The molecule has 0 radical (unpaired) electrons. The van der Waals surface area contributed by atoms with Gasteiger partial charge >= 0.3 is 0 Å². The maximum Gasteiger partial charge on any atom is 0.185 e. The van der Waals surface area contributed by atoms with Crippen LogP contribution in [0.3, 0.4) is 0 Å². The number of anilines is 1. The van der Waals surface area contributed by atoms with Crippen molar-refractivity contribution in [1.29, 1.82) is 0 Å². The lowest BCUT2D eigenvalue weighted by atomic mass is 9.98. The van der Waals surface area contributed by atoms with Gasteiger partial charge in [-0.05, 0) is 52.2 Å². The van der Waals surface area contributed by atoms with Crippen LogP contribution in [0.4, 0.5) is 5.13 Å². The Morgan fingerprint density at radius 3 is 3.00 bits per heavy atom. The van der Waals surface area contributed by atoms with E-state index in [1.54, 1.807) is 0 Å². The van der Waals surface area contributed by atoms with Crippen LogP contribution in [0.2, 0.25) is 0 Å². The summed E-state index contributed by atoms with van der Waals surface area (Å²) in [5, 5.41) is 4.65. The fraction of sp³-hybridized carbons (Fsp3) is 0.800. The molecule has 1 aromatic heterocycles. The van der Waals surface area contributed by atoms with Gasteiger partial charge in [-0.3, -0.25) is 0 Å². The predicted molar refractivity (Wildman–Crippen MR) is 85.7 cm³/mol. The summed E-state index contributed by atoms with van der Waals surface area (Å²) in [5.41, 5.74) is 1.34. The molecule has 4 nitrogen and oxygen atoms in total. The first-order valence-electron chi connectivity index (χ1n) is 7.74. The second-order valence-electron chi connectivity index (χ2n) is 6.34. The van der Waals surface area contributed by atoms with E-state index in [1.165, 1.54) is 48.1 Å². The van der Waals surface area contributed by atoms with Gasteiger partial charge in [-0.1, -0.05) is 11.3 Å². The Kier molecular flexibility index (Phi) is 4.29. The third-order valence-corrected chi connectivity index (χ3v) is 5.96. The Bertz CT molecular complexity index is 459. The molecule has 3 rings (SSSR count). The van der Waals surface area contributed by atoms with Crippen molar-refractivity contribution >= 4 is 16.5 Å². The third-order valence-electron chi connectivity index (χ3n) is 4.64. The van der Waals surface area contributed by atoms with E-state index in [1.807, 2.05) is 11.3 Å². The maximum atomic E-state index is 4.90. The van der Waals surface area contributed by atoms with Crippen molar-refractivity contribution in [2.45, 2.75) is 31.7 Å². The fourth-order valence-electron chi connectivity index (χ4n) is 3.49. The first kappa shape index (κ1) is 14.3. The summed E-state index contributed by atoms with van der Waals surface area (Å²) in [6.07, 6.45) is 5.00. The van der Waals surface area contributed by atoms with Crippen molar-refractivity contribution in [3.05, 3.63) is 10.6 Å². The Labute approximate surface area is 126 Å². The highest BCUT2D eigenvalue weighted by Gasteiger charge is 2.26. The SMILES string of the molecule is CNC1CCCc2nc(N(C)CC3CCN(C)C3)sc21. The zero-order chi connectivity index (χ0) is 14.1. The highest BCUT2D eigenvalue weighted by atomic mass is 32.1. The van der Waals surface area contributed by atoms with E-state index in [2.05, 4.69) is 36.3 Å². The van der Waals surface area contributed by atoms with E-state index >= 15 is 0 Å². The number of likely N-dealkylation sites (tertiary alicyclic amines) is 1. The lowest BCUT2D eigenvalue weighted by molar-refractivity contribution is 0.396. The minimum atomic E-state index is 0.524. The van der Waals surface area contributed by atoms with Crippen LogP contribution in [0.5, 0.6) is 0 Å². The summed E-state index contributed by atoms with van der Waals surface area (Å²) < 4.78 is 0. The molecule has 0 bridgehead atoms. The van der Waals surface area contributed by atoms with Crippen LogP contribution in [0.25, 0.3) is 0 Å². The van der Waals surface area contributed by atoms with Crippen molar-refractivity contribution in [2.24, 2.45) is 5.92 Å². The Morgan fingerprint density at radius 1 is 1.45 bits per heavy atom. The van der Waals surface area contributed by atoms with Gasteiger partial charge in [0.05, 0.1) is 5.69 Å². The molecule has 112 valence electrons. The Hall–Kier alpha value is -0.650. The van der Waals surface area contributed by atoms with E-state index in [0.717, 1.165) is 18.9 Å². The molecule has 2 heterocycles. The minimum absolute atomic E-state index is 0.524. The molecule has 1 aromatic rings. The number of fused-ring (bicyclic) bond motifs is 1. The van der Waals surface area contributed by atoms with Crippen molar-refractivity contribution in [3.63, 3.8) is 0 Å². The molecule has 5 heteroatoms. The van der Waals surface area contributed by atoms with Gasteiger partial charge in [-0.15, -0.1) is 0 Å². The number of thiazole rings is 1. The molecule has 1 fully saturated rings. The molecule has 2 aliphatic rings. The van der Waals surface area contributed by atoms with Gasteiger partial charge in [0.25, 0.3) is 0 Å². The largest absolute Gasteiger partial charge is 0.351 e. The summed E-state index contributed by atoms with van der Waals surface area (Å²) in [6, 6.07) is 0.524. The lowest BCUT2D eigenvalue weighted by Gasteiger charge is -2.20. The van der Waals surface area contributed by atoms with Crippen molar-refractivity contribution < 1.29 is 0 Å². The summed E-state index contributed by atoms with van der Waals surface area (Å²) >= 11 is 1.90. The quantitative estimate of drug-likeness (QED) is 0.922. The third kappa shape index (κ3) is 2.85. The maximum absolute atomic E-state index is 4.90. The molecule has 1 N–H and O–H groups in total. The highest BCUT2D eigenvalue weighted by Crippen LogP contribution is 2.37. The predicted octanol–water partition coefficient (Wildman–Crippen LogP) is 2.13. The molecule has 0 spiro atoms. The number of rotatable bonds is 4. The normalized spacial score (nSPS) is 26.8. The van der Waals surface area contributed by atoms with Crippen molar-refractivity contribution in [3.8, 4) is 0 Å². The van der Waals surface area contributed by atoms with Gasteiger partial charge in [-0.25, -0.2) is 4.98 Å². The van der Waals surface area contributed by atoms with E-state index in [0.29, 0.717) is 6.04 Å². The van der Waals surface area contributed by atoms with Gasteiger partial charge in [0.2, 0.25) is 0 Å². The molecule has 1 saturated heterocycles. The first-order chi connectivity index (χ1) is 9.67. The first-order valence-corrected chi connectivity index (χ1v) is 8.55. The zero-order valence-electron chi connectivity index (χ0n) is 12.9. The number of aryl methyl sites for hydroxylation is 1. The monoisotopic (exact) mass is 294 g/mol. The number of nitrogens with zero attached hydrogens (tertiary/aromatic N) is 3. The second-order valence-corrected chi connectivity index (χ2v) is 7.35. The zero-order valence-corrected chi connectivity index (χ0v) is 13.7. The van der Waals surface area contributed by atoms with Gasteiger partial charge < -0.3 is 15.1 Å². The topological polar surface area (TPSA) is 31.4 Å². The second kappa shape index (κ2) is 6.00. The minimum Gasteiger partial charge on any atom is -0.351 e. The van der Waals surface area contributed by atoms with Crippen molar-refractivity contribution in [2.75, 3.05) is 45.7 Å². The number of hydrogen-bond acceptors (Lipinski definition) is 5. The average molecular weight is 294 g/mol. The number of hydrogen-bond donors (Lipinski definition) is 1. The van der Waals surface area contributed by atoms with Crippen LogP contribution in [0.15, 0.2) is 0 Å². The standard InChI is InChI=1S/C15H26N4S/c1-16-12-5-4-6-13-14(12)20-15(17-13)19(3)10-11-7-8-18(2)9-11/h11-12,16H,4-10H2,1-3H3. The Morgan fingerprint density at radius 2 is 2.30 bits per heavy atom. The van der Waals surface area contributed by atoms with Crippen LogP contribution in [0, 0.1) is 5.92 Å². The number of nitrogens with one attached hydrogen (secondary N) is 1. The van der Waals surface area contributed by atoms with Crippen LogP contribution >= 0.6 is 11.3 Å². The molecular weight excluding hydrogens is 268 g/mol. The van der Waals surface area contributed by atoms with Gasteiger partial charge in [-0.2, -0.15) is 0 Å². The molecule has 1 aliphatic carbocycles. The van der Waals surface area contributed by atoms with Crippen LogP contribution in [-0.2, 0) is 6.42 Å². The Balaban J connectivity index is 1.69. The van der Waals surface area contributed by atoms with E-state index in [4.69, 9.17) is 4.98 Å². The van der Waals surface area contributed by atoms with Gasteiger partial charge in [0, 0.05) is 31.1 Å². The summed E-state index contributed by atoms with van der Waals surface area (Å²) in [5.74, 6) is 0.797. The van der Waals surface area contributed by atoms with Crippen LogP contribution in [-0.4, -0.2) is 50.7 Å². The molecule has 2 unspecified atom stereocenters. The van der Waals surface area contributed by atoms with E-state index in [-0.39, 0.29) is 0 Å². The summed E-state index contributed by atoms with van der Waals surface area (Å²) in [7, 11) is 6.49. The molecule has 2 atom stereocenters. The highest BCUT2D eigenvalue weighted by molar-refractivity contribution is 7.15. The lowest BCUT2D eigenvalue weighted by Crippen LogP contribution is -2.27. The molecule has 20 heavy (non-hydrogen) atoms. The molecule has 0 saturated carbocycles. The molecule has 0 aromatic carbocycles. The van der Waals surface area contributed by atoms with Crippen LogP contribution < -0.4 is 10.2 Å². The van der Waals surface area contributed by atoms with Crippen LogP contribution in [0.1, 0.15) is 35.9 Å². The van der Waals surface area contributed by atoms with Gasteiger partial charge in [0.1, 0.15) is 0 Å². The number of aromatic nitrogens is 1. The molecule has 0 amide bonds. The fourth-order valence-corrected chi connectivity index (χ4v) is 4.71. The molecule has 1 aliphatic heterocycles. The average Bonchev–Trinajstić information content (AvgIpc) is 3.04. The smallest absolute Gasteiger partial charge is 0.185 e. The van der Waals surface area contributed by atoms with Gasteiger partial charge in [0.15, 0.2) is 5.13 Å². The summed E-state index contributed by atoms with van der Waals surface area (Å²) in [6.45, 7) is 3.62. The van der Waals surface area contributed by atoms with E-state index in [9.17, 15) is 0 Å². The van der Waals surface area contributed by atoms with Crippen molar-refractivity contribution in [1.82, 2.24) is 15.2 Å². The molecular formula is C15H26N4S. The van der Waals surface area contributed by atoms with E-state index < -0.39 is 0 Å². The summed E-state index contributed by atoms with van der Waals surface area (Å²) in [4.78, 5) is 11.2.